The molecule has 0 saturated carbocycles. The highest BCUT2D eigenvalue weighted by Gasteiger charge is 2.27. The maximum atomic E-state index is 7.00. The molecule has 61 heavy (non-hydrogen) atoms. The van der Waals surface area contributed by atoms with E-state index in [-0.39, 0.29) is 10.8 Å². The normalized spacial score (nSPS) is 12.8. The topological polar surface area (TPSA) is 21.3 Å². The Morgan fingerprint density at radius 2 is 0.951 bits per heavy atom. The van der Waals surface area contributed by atoms with Gasteiger partial charge in [0.2, 0.25) is 0 Å². The van der Waals surface area contributed by atoms with Crippen LogP contribution < -0.4 is 4.90 Å². The molecule has 0 saturated heterocycles. The maximum absolute atomic E-state index is 7.00. The first kappa shape index (κ1) is 35.8. The molecule has 0 aliphatic heterocycles. The van der Waals surface area contributed by atoms with Crippen molar-refractivity contribution in [2.45, 2.75) is 52.4 Å². The van der Waals surface area contributed by atoms with Crippen molar-refractivity contribution < 1.29 is 4.42 Å². The molecule has 9 aromatic carbocycles. The van der Waals surface area contributed by atoms with Crippen LogP contribution in [0, 0.1) is 0 Å². The molecule has 0 bridgehead atoms. The van der Waals surface area contributed by atoms with Crippen molar-refractivity contribution in [3.8, 4) is 27.9 Å². The quantitative estimate of drug-likeness (QED) is 0.177. The minimum atomic E-state index is -0.0618. The molecule has 3 heteroatoms. The summed E-state index contributed by atoms with van der Waals surface area (Å²) in [6.45, 7) is 13.6. The monoisotopic (exact) mass is 786 g/mol. The predicted octanol–water partition coefficient (Wildman–Crippen LogP) is 16.7. The molecular formula is C58H46N2O. The number of rotatable bonds is 4. The SMILES string of the molecule is CC(C)(C)c1cccc(N(c2ccc3cc4c(cc3c2)-c2cc3cc(-n5c6ccccc6c6ccccc65)ccc3cc2-4)c2cccc3c2oc2c(C(C)(C)C)cccc23)c1. The summed E-state index contributed by atoms with van der Waals surface area (Å²) in [7, 11) is 0. The van der Waals surface area contributed by atoms with E-state index in [0.717, 1.165) is 39.0 Å². The Labute approximate surface area is 356 Å². The van der Waals surface area contributed by atoms with Gasteiger partial charge in [-0.3, -0.25) is 0 Å². The van der Waals surface area contributed by atoms with E-state index >= 15 is 0 Å². The molecule has 1 aliphatic carbocycles. The minimum Gasteiger partial charge on any atom is -0.454 e. The second-order valence-corrected chi connectivity index (χ2v) is 19.1. The third-order valence-electron chi connectivity index (χ3n) is 13.1. The fraction of sp³-hybridized carbons (Fsp3) is 0.138. The van der Waals surface area contributed by atoms with E-state index in [2.05, 4.69) is 221 Å². The number of hydrogen-bond donors (Lipinski definition) is 0. The van der Waals surface area contributed by atoms with E-state index in [9.17, 15) is 0 Å². The van der Waals surface area contributed by atoms with E-state index in [1.807, 2.05) is 0 Å². The average molecular weight is 787 g/mol. The number of aromatic nitrogens is 1. The van der Waals surface area contributed by atoms with Crippen molar-refractivity contribution in [1.82, 2.24) is 4.57 Å². The Morgan fingerprint density at radius 1 is 0.410 bits per heavy atom. The van der Waals surface area contributed by atoms with Crippen LogP contribution in [0.2, 0.25) is 0 Å². The summed E-state index contributed by atoms with van der Waals surface area (Å²) in [5.41, 5.74) is 16.4. The van der Waals surface area contributed by atoms with Gasteiger partial charge in [-0.2, -0.15) is 0 Å². The lowest BCUT2D eigenvalue weighted by Gasteiger charge is -2.29. The first-order chi connectivity index (χ1) is 29.5. The van der Waals surface area contributed by atoms with Gasteiger partial charge in [0.15, 0.2) is 5.58 Å². The lowest BCUT2D eigenvalue weighted by atomic mass is 9.78. The van der Waals surface area contributed by atoms with Gasteiger partial charge in [0.05, 0.1) is 16.7 Å². The summed E-state index contributed by atoms with van der Waals surface area (Å²) in [5, 5.41) is 9.78. The van der Waals surface area contributed by atoms with E-state index in [4.69, 9.17) is 4.42 Å². The Hall–Kier alpha value is -7.10. The van der Waals surface area contributed by atoms with E-state index in [1.54, 1.807) is 0 Å². The molecule has 2 aromatic heterocycles. The summed E-state index contributed by atoms with van der Waals surface area (Å²) < 4.78 is 9.41. The van der Waals surface area contributed by atoms with Crippen LogP contribution >= 0.6 is 0 Å². The van der Waals surface area contributed by atoms with Gasteiger partial charge in [0, 0.05) is 44.2 Å². The summed E-state index contributed by atoms with van der Waals surface area (Å²) in [5.74, 6) is 0. The molecule has 0 atom stereocenters. The minimum absolute atomic E-state index is 0.0118. The molecular weight excluding hydrogens is 741 g/mol. The first-order valence-corrected chi connectivity index (χ1v) is 21.5. The van der Waals surface area contributed by atoms with Crippen LogP contribution in [0.3, 0.4) is 0 Å². The standard InChI is InChI=1S/C58H46N2O/c1-57(2,3)39-14-11-15-40(34-39)59(54-23-13-19-46-45-18-12-20-51(58(4,5)6)55(45)61-56(46)54)41-26-24-35-30-47-48-31-36-25-27-42(29-38(36)33-50(48)49(47)32-37(35)28-41)60-52-21-9-7-16-43(52)44-17-8-10-22-53(44)60/h7-34H,1-6H3. The molecule has 0 radical (unpaired) electrons. The largest absolute Gasteiger partial charge is 0.454 e. The van der Waals surface area contributed by atoms with Crippen molar-refractivity contribution in [3.63, 3.8) is 0 Å². The number of para-hydroxylation sites is 4. The molecule has 11 aromatic rings. The zero-order valence-electron chi connectivity index (χ0n) is 35.5. The third-order valence-corrected chi connectivity index (χ3v) is 13.1. The first-order valence-electron chi connectivity index (χ1n) is 21.5. The Balaban J connectivity index is 1.01. The van der Waals surface area contributed by atoms with Crippen LogP contribution in [0.5, 0.6) is 0 Å². The van der Waals surface area contributed by atoms with Crippen molar-refractivity contribution in [2.24, 2.45) is 0 Å². The number of fused-ring (bicyclic) bond motifs is 12. The summed E-state index contributed by atoms with van der Waals surface area (Å²) in [6.07, 6.45) is 0. The van der Waals surface area contributed by atoms with Gasteiger partial charge in [-0.1, -0.05) is 133 Å². The summed E-state index contributed by atoms with van der Waals surface area (Å²) in [4.78, 5) is 2.40. The second-order valence-electron chi connectivity index (χ2n) is 19.1. The zero-order valence-corrected chi connectivity index (χ0v) is 35.5. The van der Waals surface area contributed by atoms with Gasteiger partial charge in [0.1, 0.15) is 5.58 Å². The van der Waals surface area contributed by atoms with Crippen molar-refractivity contribution in [1.29, 1.82) is 0 Å². The van der Waals surface area contributed by atoms with E-state index < -0.39 is 0 Å². The summed E-state index contributed by atoms with van der Waals surface area (Å²) in [6, 6.07) is 63.1. The van der Waals surface area contributed by atoms with Crippen molar-refractivity contribution >= 4 is 82.4 Å². The lowest BCUT2D eigenvalue weighted by Crippen LogP contribution is -2.14. The number of nitrogens with zero attached hydrogens (tertiary/aromatic N) is 2. The maximum Gasteiger partial charge on any atom is 0.159 e. The second kappa shape index (κ2) is 12.7. The van der Waals surface area contributed by atoms with Crippen molar-refractivity contribution in [2.75, 3.05) is 4.90 Å². The van der Waals surface area contributed by atoms with Crippen LogP contribution in [0.25, 0.3) is 93.2 Å². The molecule has 0 spiro atoms. The molecule has 3 nitrogen and oxygen atoms in total. The Bertz CT molecular complexity index is 3570. The van der Waals surface area contributed by atoms with Crippen LogP contribution in [0.1, 0.15) is 52.7 Å². The van der Waals surface area contributed by atoms with E-state index in [1.165, 1.54) is 82.4 Å². The predicted molar refractivity (Wildman–Crippen MR) is 260 cm³/mol. The molecule has 0 fully saturated rings. The van der Waals surface area contributed by atoms with Gasteiger partial charge in [-0.15, -0.1) is 0 Å². The molecule has 12 rings (SSSR count). The number of benzene rings is 9. The lowest BCUT2D eigenvalue weighted by molar-refractivity contribution is 0.573. The van der Waals surface area contributed by atoms with Crippen molar-refractivity contribution in [3.05, 3.63) is 181 Å². The van der Waals surface area contributed by atoms with Crippen LogP contribution in [-0.4, -0.2) is 4.57 Å². The van der Waals surface area contributed by atoms with Gasteiger partial charge < -0.3 is 13.9 Å². The fourth-order valence-corrected chi connectivity index (χ4v) is 9.99. The fourth-order valence-electron chi connectivity index (χ4n) is 9.99. The average Bonchev–Trinajstić information content (AvgIpc) is 3.81. The molecule has 1 aliphatic rings. The molecule has 0 N–H and O–H groups in total. The summed E-state index contributed by atoms with van der Waals surface area (Å²) >= 11 is 0. The van der Waals surface area contributed by atoms with Gasteiger partial charge in [0.25, 0.3) is 0 Å². The van der Waals surface area contributed by atoms with Crippen LogP contribution in [0.15, 0.2) is 174 Å². The van der Waals surface area contributed by atoms with Crippen LogP contribution in [-0.2, 0) is 10.8 Å². The Morgan fingerprint density at radius 3 is 1.61 bits per heavy atom. The number of anilines is 3. The highest BCUT2D eigenvalue weighted by Crippen LogP contribution is 2.52. The smallest absolute Gasteiger partial charge is 0.159 e. The van der Waals surface area contributed by atoms with Gasteiger partial charge in [-0.25, -0.2) is 0 Å². The Kier molecular flexibility index (Phi) is 7.46. The third kappa shape index (κ3) is 5.43. The molecule has 0 unspecified atom stereocenters. The van der Waals surface area contributed by atoms with Gasteiger partial charge in [-0.05, 0) is 139 Å². The number of furan rings is 1. The highest BCUT2D eigenvalue weighted by atomic mass is 16.3. The molecule has 2 heterocycles. The number of hydrogen-bond acceptors (Lipinski definition) is 2. The zero-order chi connectivity index (χ0) is 41.4. The van der Waals surface area contributed by atoms with E-state index in [0.29, 0.717) is 0 Å². The van der Waals surface area contributed by atoms with Gasteiger partial charge >= 0.3 is 0 Å². The molecule has 294 valence electrons. The highest BCUT2D eigenvalue weighted by molar-refractivity contribution is 6.14. The molecule has 0 amide bonds. The van der Waals surface area contributed by atoms with Crippen LogP contribution in [0.4, 0.5) is 17.1 Å².